The third kappa shape index (κ3) is 3.35. The van der Waals surface area contributed by atoms with E-state index < -0.39 is 0 Å². The van der Waals surface area contributed by atoms with Gasteiger partial charge in [-0.1, -0.05) is 0 Å². The summed E-state index contributed by atoms with van der Waals surface area (Å²) in [6.07, 6.45) is 9.02. The number of methoxy groups -OCH3 is 1. The molecule has 1 amide bonds. The molecule has 0 bridgehead atoms. The van der Waals surface area contributed by atoms with E-state index in [2.05, 4.69) is 10.3 Å². The second-order valence-corrected chi connectivity index (χ2v) is 8.22. The van der Waals surface area contributed by atoms with Crippen LogP contribution in [-0.4, -0.2) is 29.2 Å². The maximum absolute atomic E-state index is 13.0. The Balaban J connectivity index is 1.58. The molecule has 5 nitrogen and oxygen atoms in total. The minimum Gasteiger partial charge on any atom is -0.495 e. The average Bonchev–Trinajstić information content (AvgIpc) is 3.08. The molecule has 2 aromatic rings. The number of carbonyl (C=O) groups is 1. The van der Waals surface area contributed by atoms with Crippen LogP contribution < -0.4 is 10.1 Å². The van der Waals surface area contributed by atoms with Gasteiger partial charge in [-0.3, -0.25) is 9.78 Å². The number of amides is 1. The van der Waals surface area contributed by atoms with Crippen LogP contribution >= 0.6 is 11.3 Å². The van der Waals surface area contributed by atoms with E-state index in [0.717, 1.165) is 30.4 Å². The van der Waals surface area contributed by atoms with E-state index in [0.29, 0.717) is 18.6 Å². The zero-order valence-corrected chi connectivity index (χ0v) is 15.7. The van der Waals surface area contributed by atoms with Gasteiger partial charge >= 0.3 is 0 Å². The fraction of sp³-hybridized carbons (Fsp3) is 0.500. The summed E-state index contributed by atoms with van der Waals surface area (Å²) in [7, 11) is 1.61. The summed E-state index contributed by atoms with van der Waals surface area (Å²) in [4.78, 5) is 18.6. The molecular formula is C20H24N2O3S. The summed E-state index contributed by atoms with van der Waals surface area (Å²) >= 11 is 1.70. The van der Waals surface area contributed by atoms with E-state index in [4.69, 9.17) is 4.74 Å². The van der Waals surface area contributed by atoms with Crippen molar-refractivity contribution in [1.82, 2.24) is 10.3 Å². The van der Waals surface area contributed by atoms with E-state index in [1.54, 1.807) is 30.8 Å². The van der Waals surface area contributed by atoms with Crippen molar-refractivity contribution in [3.8, 4) is 5.75 Å². The van der Waals surface area contributed by atoms with Crippen molar-refractivity contribution in [2.45, 2.75) is 50.7 Å². The Bertz CT molecular complexity index is 798. The van der Waals surface area contributed by atoms with Gasteiger partial charge in [0.15, 0.2) is 0 Å². The van der Waals surface area contributed by atoms with Crippen molar-refractivity contribution in [2.24, 2.45) is 5.92 Å². The second kappa shape index (κ2) is 7.37. The number of aryl methyl sites for hydroxylation is 1. The lowest BCUT2D eigenvalue weighted by atomic mass is 9.75. The summed E-state index contributed by atoms with van der Waals surface area (Å²) in [5.41, 5.74) is 2.99. The van der Waals surface area contributed by atoms with E-state index in [9.17, 15) is 9.90 Å². The Morgan fingerprint density at radius 2 is 2.15 bits per heavy atom. The van der Waals surface area contributed by atoms with Crippen molar-refractivity contribution < 1.29 is 14.6 Å². The number of fused-ring (bicyclic) bond motifs is 1. The molecule has 2 N–H and O–H groups in total. The quantitative estimate of drug-likeness (QED) is 0.845. The Hall–Kier alpha value is -1.92. The van der Waals surface area contributed by atoms with Gasteiger partial charge in [0.25, 0.3) is 5.91 Å². The summed E-state index contributed by atoms with van der Waals surface area (Å²) in [6.45, 7) is 0. The molecule has 0 spiro atoms. The highest BCUT2D eigenvalue weighted by Crippen LogP contribution is 2.39. The van der Waals surface area contributed by atoms with Crippen molar-refractivity contribution in [1.29, 1.82) is 0 Å². The number of pyridine rings is 1. The normalized spacial score (nSPS) is 22.8. The maximum atomic E-state index is 13.0. The molecule has 2 heterocycles. The number of nitrogens with one attached hydrogen (secondary N) is 1. The molecular weight excluding hydrogens is 348 g/mol. The topological polar surface area (TPSA) is 71.5 Å². The largest absolute Gasteiger partial charge is 0.495 e. The van der Waals surface area contributed by atoms with Crippen LogP contribution in [-0.2, 0) is 12.8 Å². The van der Waals surface area contributed by atoms with Crippen LogP contribution in [0.4, 0.5) is 0 Å². The molecule has 0 aromatic carbocycles. The number of aromatic nitrogens is 1. The summed E-state index contributed by atoms with van der Waals surface area (Å²) in [5, 5.41) is 15.0. The number of thiophene rings is 1. The van der Waals surface area contributed by atoms with Gasteiger partial charge in [-0.25, -0.2) is 0 Å². The number of hydrogen-bond donors (Lipinski definition) is 2. The highest BCUT2D eigenvalue weighted by Gasteiger charge is 2.36. The predicted octanol–water partition coefficient (Wildman–Crippen LogP) is 3.27. The molecule has 1 atom stereocenters. The van der Waals surface area contributed by atoms with Crippen molar-refractivity contribution in [3.63, 3.8) is 0 Å². The SMILES string of the molecule is COc1cncc([C@H](NC(=O)c2csc3c2CCCC3)C2CC(O)C2)c1. The molecule has 4 rings (SSSR count). The Labute approximate surface area is 157 Å². The van der Waals surface area contributed by atoms with Crippen LogP contribution in [0.2, 0.25) is 0 Å². The van der Waals surface area contributed by atoms with E-state index in [1.807, 2.05) is 11.4 Å². The number of nitrogens with zero attached hydrogens (tertiary/aromatic N) is 1. The van der Waals surface area contributed by atoms with E-state index in [-0.39, 0.29) is 24.0 Å². The minimum absolute atomic E-state index is 0.0152. The highest BCUT2D eigenvalue weighted by atomic mass is 32.1. The first-order valence-corrected chi connectivity index (χ1v) is 10.1. The molecule has 0 unspecified atom stereocenters. The Kier molecular flexibility index (Phi) is 4.96. The number of ether oxygens (including phenoxy) is 1. The molecule has 2 aliphatic carbocycles. The van der Waals surface area contributed by atoms with Gasteiger partial charge in [0.05, 0.1) is 31.0 Å². The lowest BCUT2D eigenvalue weighted by molar-refractivity contribution is 0.0234. The van der Waals surface area contributed by atoms with E-state index >= 15 is 0 Å². The number of aliphatic hydroxyl groups excluding tert-OH is 1. The number of carbonyl (C=O) groups excluding carboxylic acids is 1. The first-order valence-electron chi connectivity index (χ1n) is 9.23. The molecule has 26 heavy (non-hydrogen) atoms. The van der Waals surface area contributed by atoms with Gasteiger partial charge in [-0.05, 0) is 61.6 Å². The van der Waals surface area contributed by atoms with Gasteiger partial charge in [-0.2, -0.15) is 0 Å². The molecule has 0 aliphatic heterocycles. The highest BCUT2D eigenvalue weighted by molar-refractivity contribution is 7.10. The summed E-state index contributed by atoms with van der Waals surface area (Å²) in [6, 6.07) is 1.76. The van der Waals surface area contributed by atoms with E-state index in [1.165, 1.54) is 16.9 Å². The monoisotopic (exact) mass is 372 g/mol. The number of rotatable bonds is 5. The first kappa shape index (κ1) is 17.5. The van der Waals surface area contributed by atoms with Crippen LogP contribution in [0, 0.1) is 5.92 Å². The molecule has 6 heteroatoms. The van der Waals surface area contributed by atoms with Crippen LogP contribution in [0.25, 0.3) is 0 Å². The Morgan fingerprint density at radius 3 is 2.92 bits per heavy atom. The fourth-order valence-corrected chi connectivity index (χ4v) is 5.12. The second-order valence-electron chi connectivity index (χ2n) is 7.25. The first-order chi connectivity index (χ1) is 12.7. The molecule has 2 aliphatic rings. The Morgan fingerprint density at radius 1 is 1.35 bits per heavy atom. The molecule has 0 saturated heterocycles. The predicted molar refractivity (Wildman–Crippen MR) is 101 cm³/mol. The van der Waals surface area contributed by atoms with Crippen LogP contribution in [0.5, 0.6) is 5.75 Å². The average molecular weight is 372 g/mol. The standard InChI is InChI=1S/C20H24N2O3S/c1-25-15-8-13(9-21-10-15)19(12-6-14(23)7-12)22-20(24)17-11-26-18-5-3-2-4-16(17)18/h8-12,14,19,23H,2-7H2,1H3,(H,22,24)/t12?,14?,19-/m1/s1. The van der Waals surface area contributed by atoms with Gasteiger partial charge in [0.2, 0.25) is 0 Å². The molecule has 2 aromatic heterocycles. The van der Waals surface area contributed by atoms with Gasteiger partial charge in [-0.15, -0.1) is 11.3 Å². The summed E-state index contributed by atoms with van der Waals surface area (Å²) < 4.78 is 5.29. The zero-order valence-electron chi connectivity index (χ0n) is 14.9. The smallest absolute Gasteiger partial charge is 0.252 e. The van der Waals surface area contributed by atoms with Crippen molar-refractivity contribution >= 4 is 17.2 Å². The number of hydrogen-bond acceptors (Lipinski definition) is 5. The summed E-state index contributed by atoms with van der Waals surface area (Å²) in [5.74, 6) is 0.880. The minimum atomic E-state index is -0.271. The molecule has 138 valence electrons. The lowest BCUT2D eigenvalue weighted by Crippen LogP contribution is -2.41. The molecule has 1 fully saturated rings. The fourth-order valence-electron chi connectivity index (χ4n) is 4.00. The van der Waals surface area contributed by atoms with Gasteiger partial charge in [0.1, 0.15) is 5.75 Å². The third-order valence-corrected chi connectivity index (χ3v) is 6.63. The van der Waals surface area contributed by atoms with Crippen molar-refractivity contribution in [3.05, 3.63) is 45.4 Å². The van der Waals surface area contributed by atoms with Crippen LogP contribution in [0.1, 0.15) is 58.1 Å². The van der Waals surface area contributed by atoms with Gasteiger partial charge < -0.3 is 15.2 Å². The van der Waals surface area contributed by atoms with Crippen LogP contribution in [0.15, 0.2) is 23.8 Å². The van der Waals surface area contributed by atoms with Crippen LogP contribution in [0.3, 0.4) is 0 Å². The molecule has 0 radical (unpaired) electrons. The van der Waals surface area contributed by atoms with Gasteiger partial charge in [0, 0.05) is 16.5 Å². The third-order valence-electron chi connectivity index (χ3n) is 5.54. The molecule has 1 saturated carbocycles. The van der Waals surface area contributed by atoms with Crippen molar-refractivity contribution in [2.75, 3.05) is 7.11 Å². The maximum Gasteiger partial charge on any atom is 0.252 e. The zero-order chi connectivity index (χ0) is 18.1. The lowest BCUT2D eigenvalue weighted by Gasteiger charge is -2.38. The number of aliphatic hydroxyl groups is 1.